The van der Waals surface area contributed by atoms with Crippen molar-refractivity contribution in [1.82, 2.24) is 5.32 Å². The van der Waals surface area contributed by atoms with Gasteiger partial charge in [-0.15, -0.1) is 0 Å². The van der Waals surface area contributed by atoms with Crippen LogP contribution in [0.15, 0.2) is 24.3 Å². The van der Waals surface area contributed by atoms with Gasteiger partial charge in [0.15, 0.2) is 0 Å². The van der Waals surface area contributed by atoms with Gasteiger partial charge in [0.2, 0.25) is 5.91 Å². The summed E-state index contributed by atoms with van der Waals surface area (Å²) in [5.41, 5.74) is 7.92. The van der Waals surface area contributed by atoms with Gasteiger partial charge in [0.25, 0.3) is 0 Å². The molecule has 3 N–H and O–H groups in total. The molecule has 1 rings (SSSR count). The Bertz CT molecular complexity index is 391. The zero-order valence-electron chi connectivity index (χ0n) is 11.3. The minimum absolute atomic E-state index is 0.114. The van der Waals surface area contributed by atoms with Crippen molar-refractivity contribution in [3.8, 4) is 0 Å². The standard InChI is InChI=1S/C14H22N2O2/c1-10(2)13(15)14(17)16-8-11-6-4-5-7-12(11)9-18-3/h4-7,10,13H,8-9,15H2,1-3H3,(H,16,17)/t13-/m0/s1. The van der Waals surface area contributed by atoms with E-state index in [1.807, 2.05) is 38.1 Å². The van der Waals surface area contributed by atoms with Crippen molar-refractivity contribution in [2.24, 2.45) is 11.7 Å². The van der Waals surface area contributed by atoms with Crippen LogP contribution in [-0.4, -0.2) is 19.1 Å². The monoisotopic (exact) mass is 250 g/mol. The summed E-state index contributed by atoms with van der Waals surface area (Å²) in [4.78, 5) is 11.8. The molecule has 0 spiro atoms. The lowest BCUT2D eigenvalue weighted by Crippen LogP contribution is -2.43. The van der Waals surface area contributed by atoms with Crippen LogP contribution in [0.5, 0.6) is 0 Å². The van der Waals surface area contributed by atoms with Crippen molar-refractivity contribution in [3.05, 3.63) is 35.4 Å². The van der Waals surface area contributed by atoms with Gasteiger partial charge in [-0.25, -0.2) is 0 Å². The van der Waals surface area contributed by atoms with E-state index in [9.17, 15) is 4.79 Å². The summed E-state index contributed by atoms with van der Waals surface area (Å²) in [6, 6.07) is 7.42. The number of ether oxygens (including phenoxy) is 1. The van der Waals surface area contributed by atoms with E-state index in [1.54, 1.807) is 7.11 Å². The maximum Gasteiger partial charge on any atom is 0.237 e. The van der Waals surface area contributed by atoms with E-state index >= 15 is 0 Å². The minimum Gasteiger partial charge on any atom is -0.380 e. The van der Waals surface area contributed by atoms with Gasteiger partial charge < -0.3 is 15.8 Å². The molecular formula is C14H22N2O2. The average Bonchev–Trinajstić information content (AvgIpc) is 2.36. The fourth-order valence-electron chi connectivity index (χ4n) is 1.63. The van der Waals surface area contributed by atoms with Crippen LogP contribution in [0, 0.1) is 5.92 Å². The number of carbonyl (C=O) groups excluding carboxylic acids is 1. The van der Waals surface area contributed by atoms with Crippen LogP contribution in [0.4, 0.5) is 0 Å². The fourth-order valence-corrected chi connectivity index (χ4v) is 1.63. The van der Waals surface area contributed by atoms with Gasteiger partial charge in [-0.1, -0.05) is 38.1 Å². The van der Waals surface area contributed by atoms with Gasteiger partial charge in [-0.3, -0.25) is 4.79 Å². The Hall–Kier alpha value is -1.39. The van der Waals surface area contributed by atoms with Crippen molar-refractivity contribution in [2.45, 2.75) is 33.0 Å². The number of benzene rings is 1. The molecule has 4 nitrogen and oxygen atoms in total. The molecule has 1 amide bonds. The van der Waals surface area contributed by atoms with Crippen LogP contribution < -0.4 is 11.1 Å². The Morgan fingerprint density at radius 2 is 1.94 bits per heavy atom. The topological polar surface area (TPSA) is 64.3 Å². The van der Waals surface area contributed by atoms with Gasteiger partial charge in [0.1, 0.15) is 0 Å². The van der Waals surface area contributed by atoms with Gasteiger partial charge in [-0.2, -0.15) is 0 Å². The number of hydrogen-bond donors (Lipinski definition) is 2. The van der Waals surface area contributed by atoms with Gasteiger partial charge in [0, 0.05) is 13.7 Å². The second kappa shape index (κ2) is 7.13. The second-order valence-electron chi connectivity index (χ2n) is 4.69. The van der Waals surface area contributed by atoms with Crippen molar-refractivity contribution in [1.29, 1.82) is 0 Å². The predicted molar refractivity (Wildman–Crippen MR) is 71.8 cm³/mol. The van der Waals surface area contributed by atoms with E-state index in [1.165, 1.54) is 0 Å². The van der Waals surface area contributed by atoms with E-state index in [0.29, 0.717) is 13.2 Å². The first kappa shape index (κ1) is 14.7. The number of carbonyl (C=O) groups is 1. The number of nitrogens with two attached hydrogens (primary N) is 1. The molecule has 0 aliphatic rings. The zero-order valence-corrected chi connectivity index (χ0v) is 11.3. The summed E-state index contributed by atoms with van der Waals surface area (Å²) < 4.78 is 5.12. The first-order valence-electron chi connectivity index (χ1n) is 6.15. The summed E-state index contributed by atoms with van der Waals surface area (Å²) in [5.74, 6) is 0.0245. The van der Waals surface area contributed by atoms with Gasteiger partial charge >= 0.3 is 0 Å². The largest absolute Gasteiger partial charge is 0.380 e. The Labute approximate surface area is 109 Å². The quantitative estimate of drug-likeness (QED) is 0.803. The average molecular weight is 250 g/mol. The van der Waals surface area contributed by atoms with Crippen LogP contribution in [0.3, 0.4) is 0 Å². The molecule has 0 bridgehead atoms. The highest BCUT2D eigenvalue weighted by Gasteiger charge is 2.16. The third-order valence-corrected chi connectivity index (χ3v) is 2.89. The van der Waals surface area contributed by atoms with Crippen molar-refractivity contribution < 1.29 is 9.53 Å². The molecule has 18 heavy (non-hydrogen) atoms. The maximum atomic E-state index is 11.8. The smallest absolute Gasteiger partial charge is 0.237 e. The summed E-state index contributed by atoms with van der Waals surface area (Å²) in [6.45, 7) is 4.90. The first-order chi connectivity index (χ1) is 8.56. The van der Waals surface area contributed by atoms with Crippen molar-refractivity contribution in [3.63, 3.8) is 0 Å². The molecule has 0 aliphatic heterocycles. The van der Waals surface area contributed by atoms with E-state index in [2.05, 4.69) is 5.32 Å². The summed E-state index contributed by atoms with van der Waals surface area (Å²) in [5, 5.41) is 2.86. The fraction of sp³-hybridized carbons (Fsp3) is 0.500. The Balaban J connectivity index is 2.60. The normalized spacial score (nSPS) is 12.5. The van der Waals surface area contributed by atoms with E-state index in [-0.39, 0.29) is 11.8 Å². The lowest BCUT2D eigenvalue weighted by Gasteiger charge is -2.16. The highest BCUT2D eigenvalue weighted by molar-refractivity contribution is 5.81. The molecule has 0 unspecified atom stereocenters. The van der Waals surface area contributed by atoms with Crippen LogP contribution in [0.25, 0.3) is 0 Å². The molecule has 4 heteroatoms. The molecule has 1 aromatic carbocycles. The molecule has 0 saturated carbocycles. The van der Waals surface area contributed by atoms with Gasteiger partial charge in [0.05, 0.1) is 12.6 Å². The number of amides is 1. The number of nitrogens with one attached hydrogen (secondary N) is 1. The van der Waals surface area contributed by atoms with Crippen LogP contribution in [0.2, 0.25) is 0 Å². The summed E-state index contributed by atoms with van der Waals surface area (Å²) in [7, 11) is 1.66. The molecule has 0 radical (unpaired) electrons. The van der Waals surface area contributed by atoms with Crippen LogP contribution in [-0.2, 0) is 22.7 Å². The number of rotatable bonds is 6. The van der Waals surface area contributed by atoms with Crippen molar-refractivity contribution in [2.75, 3.05) is 7.11 Å². The summed E-state index contributed by atoms with van der Waals surface area (Å²) >= 11 is 0. The van der Waals surface area contributed by atoms with Crippen LogP contribution >= 0.6 is 0 Å². The third kappa shape index (κ3) is 4.13. The second-order valence-corrected chi connectivity index (χ2v) is 4.69. The molecule has 1 aromatic rings. The van der Waals surface area contributed by atoms with E-state index in [4.69, 9.17) is 10.5 Å². The Morgan fingerprint density at radius 3 is 2.50 bits per heavy atom. The highest BCUT2D eigenvalue weighted by Crippen LogP contribution is 2.09. The van der Waals surface area contributed by atoms with E-state index < -0.39 is 6.04 Å². The Morgan fingerprint density at radius 1 is 1.33 bits per heavy atom. The molecule has 0 fully saturated rings. The predicted octanol–water partition coefficient (Wildman–Crippen LogP) is 1.43. The molecular weight excluding hydrogens is 228 g/mol. The number of hydrogen-bond acceptors (Lipinski definition) is 3. The first-order valence-corrected chi connectivity index (χ1v) is 6.15. The summed E-state index contributed by atoms with van der Waals surface area (Å²) in [6.07, 6.45) is 0. The zero-order chi connectivity index (χ0) is 13.5. The minimum atomic E-state index is -0.459. The molecule has 0 aromatic heterocycles. The number of methoxy groups -OCH3 is 1. The third-order valence-electron chi connectivity index (χ3n) is 2.89. The molecule has 100 valence electrons. The highest BCUT2D eigenvalue weighted by atomic mass is 16.5. The van der Waals surface area contributed by atoms with E-state index in [0.717, 1.165) is 11.1 Å². The van der Waals surface area contributed by atoms with Crippen LogP contribution in [0.1, 0.15) is 25.0 Å². The van der Waals surface area contributed by atoms with Gasteiger partial charge in [-0.05, 0) is 17.0 Å². The maximum absolute atomic E-state index is 11.8. The van der Waals surface area contributed by atoms with Crippen molar-refractivity contribution >= 4 is 5.91 Å². The molecule has 1 atom stereocenters. The molecule has 0 aliphatic carbocycles. The lowest BCUT2D eigenvalue weighted by atomic mass is 10.0. The molecule has 0 heterocycles. The molecule has 0 saturated heterocycles. The Kier molecular flexibility index (Phi) is 5.82. The lowest BCUT2D eigenvalue weighted by molar-refractivity contribution is -0.123. The SMILES string of the molecule is COCc1ccccc1CNC(=O)[C@@H](N)C(C)C.